The van der Waals surface area contributed by atoms with Crippen molar-refractivity contribution in [1.82, 2.24) is 0 Å². The average molecular weight is 297 g/mol. The molecular weight excluding hydrogens is 286 g/mol. The van der Waals surface area contributed by atoms with Gasteiger partial charge in [0, 0.05) is 0 Å². The molecule has 1 rings (SSSR count). The van der Waals surface area contributed by atoms with Crippen molar-refractivity contribution in [1.29, 1.82) is 0 Å². The van der Waals surface area contributed by atoms with Crippen LogP contribution in [0.3, 0.4) is 0 Å². The average Bonchev–Trinajstić information content (AvgIpc) is 2.22. The summed E-state index contributed by atoms with van der Waals surface area (Å²) in [5.41, 5.74) is 0.553. The first-order chi connectivity index (χ1) is 7.58. The van der Waals surface area contributed by atoms with E-state index in [9.17, 15) is 8.78 Å². The smallest absolute Gasteiger partial charge is 0.387 e. The molecule has 0 saturated carbocycles. The van der Waals surface area contributed by atoms with Gasteiger partial charge in [-0.05, 0) is 40.5 Å². The number of hydrogen-bond acceptors (Lipinski definition) is 3. The highest BCUT2D eigenvalue weighted by Crippen LogP contribution is 2.37. The number of hydrogen-bond donors (Lipinski definition) is 1. The first-order valence-corrected chi connectivity index (χ1v) is 5.38. The largest absolute Gasteiger partial charge is 0.490 e. The van der Waals surface area contributed by atoms with Gasteiger partial charge in [-0.1, -0.05) is 0 Å². The molecule has 0 spiro atoms. The molecule has 0 fully saturated rings. The molecule has 0 saturated heterocycles. The number of halogens is 3. The Bertz CT molecular complexity index is 358. The summed E-state index contributed by atoms with van der Waals surface area (Å²) in [5.74, 6) is 0.121. The third-order valence-corrected chi connectivity index (χ3v) is 2.35. The molecule has 1 N–H and O–H groups in total. The predicted octanol–water partition coefficient (Wildman–Crippen LogP) is 2.94. The van der Waals surface area contributed by atoms with Gasteiger partial charge < -0.3 is 14.6 Å². The summed E-state index contributed by atoms with van der Waals surface area (Å²) >= 11 is 3.09. The minimum atomic E-state index is -2.92. The summed E-state index contributed by atoms with van der Waals surface area (Å²) in [4.78, 5) is 0. The van der Waals surface area contributed by atoms with E-state index in [2.05, 4.69) is 20.7 Å². The van der Waals surface area contributed by atoms with Crippen LogP contribution >= 0.6 is 15.9 Å². The molecule has 0 aromatic heterocycles. The fraction of sp³-hybridized carbons (Fsp3) is 0.400. The lowest BCUT2D eigenvalue weighted by Gasteiger charge is -2.14. The number of alkyl halides is 2. The summed E-state index contributed by atoms with van der Waals surface area (Å²) in [6.07, 6.45) is 0. The lowest BCUT2D eigenvalue weighted by atomic mass is 10.2. The maximum atomic E-state index is 12.2. The normalized spacial score (nSPS) is 10.6. The summed E-state index contributed by atoms with van der Waals surface area (Å²) in [7, 11) is 0. The molecule has 16 heavy (non-hydrogen) atoms. The Balaban J connectivity index is 3.11. The standard InChI is InChI=1S/C10H11BrF2O3/c1-2-15-8-4-6(5-14)3-7(11)9(8)16-10(12)13/h3-4,10,14H,2,5H2,1H3. The molecule has 0 amide bonds. The number of rotatable bonds is 5. The molecule has 0 bridgehead atoms. The molecule has 0 atom stereocenters. The Morgan fingerprint density at radius 2 is 2.12 bits per heavy atom. The number of aliphatic hydroxyl groups excluding tert-OH is 1. The van der Waals surface area contributed by atoms with Gasteiger partial charge in [-0.3, -0.25) is 0 Å². The third kappa shape index (κ3) is 3.31. The Labute approximate surface area is 100 Å². The highest BCUT2D eigenvalue weighted by molar-refractivity contribution is 9.10. The zero-order valence-electron chi connectivity index (χ0n) is 8.54. The van der Waals surface area contributed by atoms with Crippen LogP contribution in [0, 0.1) is 0 Å². The summed E-state index contributed by atoms with van der Waals surface area (Å²) in [6, 6.07) is 2.96. The molecule has 0 radical (unpaired) electrons. The zero-order chi connectivity index (χ0) is 12.1. The molecule has 90 valence electrons. The monoisotopic (exact) mass is 296 g/mol. The van der Waals surface area contributed by atoms with Crippen LogP contribution < -0.4 is 9.47 Å². The first-order valence-electron chi connectivity index (χ1n) is 4.59. The predicted molar refractivity (Wildman–Crippen MR) is 57.9 cm³/mol. The molecule has 0 unspecified atom stereocenters. The Hall–Kier alpha value is -0.880. The topological polar surface area (TPSA) is 38.7 Å². The Morgan fingerprint density at radius 1 is 1.44 bits per heavy atom. The molecule has 0 aliphatic carbocycles. The van der Waals surface area contributed by atoms with Crippen LogP contribution in [-0.2, 0) is 6.61 Å². The summed E-state index contributed by atoms with van der Waals surface area (Å²) in [6.45, 7) is -1.07. The second-order valence-corrected chi connectivity index (χ2v) is 3.73. The van der Waals surface area contributed by atoms with Gasteiger partial charge >= 0.3 is 6.61 Å². The van der Waals surface area contributed by atoms with Gasteiger partial charge in [0.2, 0.25) is 0 Å². The van der Waals surface area contributed by atoms with Crippen LogP contribution in [-0.4, -0.2) is 18.3 Å². The van der Waals surface area contributed by atoms with Crippen LogP contribution in [0.2, 0.25) is 0 Å². The SMILES string of the molecule is CCOc1cc(CO)cc(Br)c1OC(F)F. The van der Waals surface area contributed by atoms with Crippen molar-refractivity contribution in [3.63, 3.8) is 0 Å². The Kier molecular flexibility index (Phi) is 4.95. The van der Waals surface area contributed by atoms with E-state index >= 15 is 0 Å². The van der Waals surface area contributed by atoms with E-state index in [-0.39, 0.29) is 18.1 Å². The fourth-order valence-electron chi connectivity index (χ4n) is 1.18. The lowest BCUT2D eigenvalue weighted by Crippen LogP contribution is -2.06. The summed E-state index contributed by atoms with van der Waals surface area (Å²) < 4.78 is 34.1. The molecule has 0 aliphatic heterocycles. The lowest BCUT2D eigenvalue weighted by molar-refractivity contribution is -0.0519. The van der Waals surface area contributed by atoms with E-state index in [0.717, 1.165) is 0 Å². The van der Waals surface area contributed by atoms with Crippen molar-refractivity contribution in [2.75, 3.05) is 6.61 Å². The molecule has 1 aromatic rings. The van der Waals surface area contributed by atoms with Crippen LogP contribution in [0.4, 0.5) is 8.78 Å². The molecule has 1 aromatic carbocycles. The van der Waals surface area contributed by atoms with Gasteiger partial charge in [0.15, 0.2) is 11.5 Å². The fourth-order valence-corrected chi connectivity index (χ4v) is 1.76. The maximum Gasteiger partial charge on any atom is 0.387 e. The van der Waals surface area contributed by atoms with Gasteiger partial charge in [-0.2, -0.15) is 8.78 Å². The minimum Gasteiger partial charge on any atom is -0.490 e. The molecule has 6 heteroatoms. The van der Waals surface area contributed by atoms with Gasteiger partial charge in [-0.25, -0.2) is 0 Å². The highest BCUT2D eigenvalue weighted by atomic mass is 79.9. The zero-order valence-corrected chi connectivity index (χ0v) is 10.1. The van der Waals surface area contributed by atoms with Crippen molar-refractivity contribution < 1.29 is 23.4 Å². The van der Waals surface area contributed by atoms with Crippen molar-refractivity contribution in [2.45, 2.75) is 20.1 Å². The number of benzene rings is 1. The maximum absolute atomic E-state index is 12.2. The molecule has 0 heterocycles. The van der Waals surface area contributed by atoms with E-state index < -0.39 is 6.61 Å². The van der Waals surface area contributed by atoms with E-state index in [4.69, 9.17) is 9.84 Å². The van der Waals surface area contributed by atoms with Crippen LogP contribution in [0.25, 0.3) is 0 Å². The second kappa shape index (κ2) is 6.00. The molecular formula is C10H11BrF2O3. The van der Waals surface area contributed by atoms with Crippen LogP contribution in [0.1, 0.15) is 12.5 Å². The quantitative estimate of drug-likeness (QED) is 0.908. The molecule has 3 nitrogen and oxygen atoms in total. The van der Waals surface area contributed by atoms with E-state index in [0.29, 0.717) is 16.6 Å². The van der Waals surface area contributed by atoms with Crippen LogP contribution in [0.5, 0.6) is 11.5 Å². The number of ether oxygens (including phenoxy) is 2. The van der Waals surface area contributed by atoms with Crippen molar-refractivity contribution in [3.8, 4) is 11.5 Å². The highest BCUT2D eigenvalue weighted by Gasteiger charge is 2.15. The van der Waals surface area contributed by atoms with Crippen LogP contribution in [0.15, 0.2) is 16.6 Å². The van der Waals surface area contributed by atoms with E-state index in [1.807, 2.05) is 0 Å². The minimum absolute atomic E-state index is 0.0611. The third-order valence-electron chi connectivity index (χ3n) is 1.76. The summed E-state index contributed by atoms with van der Waals surface area (Å²) in [5, 5.41) is 8.96. The Morgan fingerprint density at radius 3 is 2.62 bits per heavy atom. The van der Waals surface area contributed by atoms with Gasteiger partial charge in [0.1, 0.15) is 0 Å². The van der Waals surface area contributed by atoms with Gasteiger partial charge in [-0.15, -0.1) is 0 Å². The second-order valence-electron chi connectivity index (χ2n) is 2.87. The first kappa shape index (κ1) is 13.2. The molecule has 0 aliphatic rings. The van der Waals surface area contributed by atoms with Gasteiger partial charge in [0.25, 0.3) is 0 Å². The number of aliphatic hydroxyl groups is 1. The van der Waals surface area contributed by atoms with E-state index in [1.54, 1.807) is 6.92 Å². The van der Waals surface area contributed by atoms with Crippen molar-refractivity contribution in [2.24, 2.45) is 0 Å². The van der Waals surface area contributed by atoms with E-state index in [1.165, 1.54) is 12.1 Å². The van der Waals surface area contributed by atoms with Crippen molar-refractivity contribution >= 4 is 15.9 Å². The van der Waals surface area contributed by atoms with Gasteiger partial charge in [0.05, 0.1) is 17.7 Å². The van der Waals surface area contributed by atoms with Crippen molar-refractivity contribution in [3.05, 3.63) is 22.2 Å².